The molecule has 0 aliphatic heterocycles. The van der Waals surface area contributed by atoms with Crippen LogP contribution in [0.3, 0.4) is 0 Å². The van der Waals surface area contributed by atoms with E-state index >= 15 is 0 Å². The normalized spacial score (nSPS) is 11.5. The summed E-state index contributed by atoms with van der Waals surface area (Å²) < 4.78 is 26.4. The molecule has 1 amide bonds. The van der Waals surface area contributed by atoms with E-state index in [0.717, 1.165) is 29.7 Å². The van der Waals surface area contributed by atoms with Gasteiger partial charge in [0, 0.05) is 25.0 Å². The van der Waals surface area contributed by atoms with Gasteiger partial charge in [-0.1, -0.05) is 31.5 Å². The number of para-hydroxylation sites is 1. The molecule has 0 saturated carbocycles. The van der Waals surface area contributed by atoms with Crippen molar-refractivity contribution in [1.82, 2.24) is 4.31 Å². The molecule has 0 unspecified atom stereocenters. The van der Waals surface area contributed by atoms with Crippen molar-refractivity contribution in [3.8, 4) is 0 Å². The number of carbonyl (C=O) groups is 1. The number of anilines is 2. The fourth-order valence-corrected chi connectivity index (χ4v) is 4.01. The second-order valence-corrected chi connectivity index (χ2v) is 8.92. The van der Waals surface area contributed by atoms with Crippen LogP contribution < -0.4 is 10.6 Å². The third-order valence-electron chi connectivity index (χ3n) is 4.59. The highest BCUT2D eigenvalue weighted by molar-refractivity contribution is 7.89. The number of hydrogen-bond donors (Lipinski definition) is 2. The quantitative estimate of drug-likeness (QED) is 0.668. The Bertz CT molecular complexity index is 889. The van der Waals surface area contributed by atoms with E-state index in [1.807, 2.05) is 39.0 Å². The van der Waals surface area contributed by atoms with E-state index in [-0.39, 0.29) is 17.3 Å². The van der Waals surface area contributed by atoms with Crippen LogP contribution >= 0.6 is 0 Å². The molecule has 28 heavy (non-hydrogen) atoms. The van der Waals surface area contributed by atoms with Gasteiger partial charge in [-0.3, -0.25) is 4.79 Å². The molecule has 2 aromatic carbocycles. The number of rotatable bonds is 9. The van der Waals surface area contributed by atoms with Gasteiger partial charge in [0.1, 0.15) is 0 Å². The van der Waals surface area contributed by atoms with Crippen LogP contribution in [0.1, 0.15) is 30.9 Å². The van der Waals surface area contributed by atoms with Gasteiger partial charge in [0.05, 0.1) is 11.4 Å². The highest BCUT2D eigenvalue weighted by Crippen LogP contribution is 2.20. The first-order valence-electron chi connectivity index (χ1n) is 9.42. The minimum absolute atomic E-state index is 0.0935. The maximum atomic E-state index is 12.5. The molecule has 0 fully saturated rings. The lowest BCUT2D eigenvalue weighted by Crippen LogP contribution is -2.28. The number of amides is 1. The van der Waals surface area contributed by atoms with Gasteiger partial charge in [-0.05, 0) is 55.7 Å². The van der Waals surface area contributed by atoms with Crippen molar-refractivity contribution in [2.24, 2.45) is 0 Å². The second kappa shape index (κ2) is 9.71. The smallest absolute Gasteiger partial charge is 0.243 e. The fourth-order valence-electron chi connectivity index (χ4n) is 2.80. The third-order valence-corrected chi connectivity index (χ3v) is 6.46. The van der Waals surface area contributed by atoms with Gasteiger partial charge in [-0.25, -0.2) is 12.7 Å². The van der Waals surface area contributed by atoms with E-state index < -0.39 is 10.0 Å². The molecular weight excluding hydrogens is 374 g/mol. The number of sulfonamides is 1. The predicted molar refractivity (Wildman–Crippen MR) is 114 cm³/mol. The summed E-state index contributed by atoms with van der Waals surface area (Å²) >= 11 is 0. The summed E-state index contributed by atoms with van der Waals surface area (Å²) in [5, 5.41) is 5.94. The van der Waals surface area contributed by atoms with Gasteiger partial charge in [0.15, 0.2) is 0 Å². The molecule has 152 valence electrons. The first kappa shape index (κ1) is 21.9. The minimum Gasteiger partial charge on any atom is -0.376 e. The predicted octanol–water partition coefficient (Wildman–Crippen LogP) is 3.77. The molecule has 0 radical (unpaired) electrons. The molecule has 7 heteroatoms. The number of benzene rings is 2. The molecule has 2 aromatic rings. The molecule has 2 rings (SSSR count). The summed E-state index contributed by atoms with van der Waals surface area (Å²) in [5.74, 6) is -0.159. The monoisotopic (exact) mass is 403 g/mol. The van der Waals surface area contributed by atoms with Gasteiger partial charge in [0.2, 0.25) is 15.9 Å². The van der Waals surface area contributed by atoms with E-state index in [9.17, 15) is 13.2 Å². The summed E-state index contributed by atoms with van der Waals surface area (Å²) in [4.78, 5) is 12.5. The Hall–Kier alpha value is -2.38. The lowest BCUT2D eigenvalue weighted by atomic mass is 10.1. The molecule has 0 bridgehead atoms. The second-order valence-electron chi connectivity index (χ2n) is 6.87. The molecule has 0 saturated heterocycles. The average molecular weight is 404 g/mol. The summed E-state index contributed by atoms with van der Waals surface area (Å²) in [7, 11) is -1.89. The number of nitrogens with zero attached hydrogens (tertiary/aromatic N) is 1. The van der Waals surface area contributed by atoms with Crippen LogP contribution in [0.25, 0.3) is 0 Å². The SMILES string of the molecule is CCCCN(C)S(=O)(=O)c1ccc(NCC(=O)Nc2c(C)cccc2C)cc1. The molecule has 0 atom stereocenters. The Morgan fingerprint density at radius 2 is 1.64 bits per heavy atom. The molecular formula is C21H29N3O3S. The highest BCUT2D eigenvalue weighted by Gasteiger charge is 2.19. The van der Waals surface area contributed by atoms with Crippen molar-refractivity contribution < 1.29 is 13.2 Å². The number of unbranched alkanes of at least 4 members (excludes halogenated alkanes) is 1. The molecule has 0 aliphatic carbocycles. The zero-order valence-corrected chi connectivity index (χ0v) is 17.8. The van der Waals surface area contributed by atoms with E-state index in [0.29, 0.717) is 12.2 Å². The van der Waals surface area contributed by atoms with Crippen LogP contribution in [0.2, 0.25) is 0 Å². The van der Waals surface area contributed by atoms with Crippen molar-refractivity contribution >= 4 is 27.3 Å². The van der Waals surface area contributed by atoms with Crippen LogP contribution in [0.4, 0.5) is 11.4 Å². The zero-order chi connectivity index (χ0) is 20.7. The fraction of sp³-hybridized carbons (Fsp3) is 0.381. The van der Waals surface area contributed by atoms with Gasteiger partial charge in [0.25, 0.3) is 0 Å². The van der Waals surface area contributed by atoms with Gasteiger partial charge in [-0.2, -0.15) is 0 Å². The first-order chi connectivity index (χ1) is 13.3. The number of nitrogens with one attached hydrogen (secondary N) is 2. The van der Waals surface area contributed by atoms with Crippen molar-refractivity contribution in [2.45, 2.75) is 38.5 Å². The van der Waals surface area contributed by atoms with Crippen LogP contribution in [0.15, 0.2) is 47.4 Å². The molecule has 0 heterocycles. The van der Waals surface area contributed by atoms with Crippen molar-refractivity contribution in [1.29, 1.82) is 0 Å². The Labute approximate surface area is 168 Å². The first-order valence-corrected chi connectivity index (χ1v) is 10.9. The minimum atomic E-state index is -3.48. The van der Waals surface area contributed by atoms with Crippen LogP contribution in [0.5, 0.6) is 0 Å². The molecule has 0 spiro atoms. The Balaban J connectivity index is 1.96. The maximum absolute atomic E-state index is 12.5. The van der Waals surface area contributed by atoms with E-state index in [4.69, 9.17) is 0 Å². The Morgan fingerprint density at radius 3 is 2.21 bits per heavy atom. The van der Waals surface area contributed by atoms with Crippen molar-refractivity contribution in [2.75, 3.05) is 30.8 Å². The van der Waals surface area contributed by atoms with Gasteiger partial charge < -0.3 is 10.6 Å². The van der Waals surface area contributed by atoms with Crippen LogP contribution in [-0.2, 0) is 14.8 Å². The van der Waals surface area contributed by atoms with Crippen LogP contribution in [0, 0.1) is 13.8 Å². The Morgan fingerprint density at radius 1 is 1.04 bits per heavy atom. The highest BCUT2D eigenvalue weighted by atomic mass is 32.2. The number of aryl methyl sites for hydroxylation is 2. The molecule has 0 aromatic heterocycles. The van der Waals surface area contributed by atoms with Crippen molar-refractivity contribution in [3.63, 3.8) is 0 Å². The summed E-state index contributed by atoms with van der Waals surface area (Å²) in [6, 6.07) is 12.3. The summed E-state index contributed by atoms with van der Waals surface area (Å²) in [6.07, 6.45) is 1.76. The number of carbonyl (C=O) groups excluding carboxylic acids is 1. The van der Waals surface area contributed by atoms with Crippen molar-refractivity contribution in [3.05, 3.63) is 53.6 Å². The third kappa shape index (κ3) is 5.56. The lowest BCUT2D eigenvalue weighted by molar-refractivity contribution is -0.114. The summed E-state index contributed by atoms with van der Waals surface area (Å²) in [6.45, 7) is 6.52. The van der Waals surface area contributed by atoms with E-state index in [2.05, 4.69) is 10.6 Å². The van der Waals surface area contributed by atoms with E-state index in [1.165, 1.54) is 4.31 Å². The largest absolute Gasteiger partial charge is 0.376 e. The lowest BCUT2D eigenvalue weighted by Gasteiger charge is -2.17. The Kier molecular flexibility index (Phi) is 7.60. The standard InChI is InChI=1S/C21H29N3O3S/c1-5-6-14-24(4)28(26,27)19-12-10-18(11-13-19)22-15-20(25)23-21-16(2)8-7-9-17(21)3/h7-13,22H,5-6,14-15H2,1-4H3,(H,23,25). The van der Waals surface area contributed by atoms with Crippen LogP contribution in [-0.4, -0.2) is 38.8 Å². The number of hydrogen-bond acceptors (Lipinski definition) is 4. The molecule has 6 nitrogen and oxygen atoms in total. The molecule has 0 aliphatic rings. The van der Waals surface area contributed by atoms with Gasteiger partial charge >= 0.3 is 0 Å². The van der Waals surface area contributed by atoms with E-state index in [1.54, 1.807) is 31.3 Å². The zero-order valence-electron chi connectivity index (χ0n) is 17.0. The maximum Gasteiger partial charge on any atom is 0.243 e. The summed E-state index contributed by atoms with van der Waals surface area (Å²) in [5.41, 5.74) is 3.53. The average Bonchev–Trinajstić information content (AvgIpc) is 2.67. The topological polar surface area (TPSA) is 78.5 Å². The molecule has 2 N–H and O–H groups in total. The van der Waals surface area contributed by atoms with Gasteiger partial charge in [-0.15, -0.1) is 0 Å².